The lowest BCUT2D eigenvalue weighted by atomic mass is 10.0. The molecule has 5 rings (SSSR count). The van der Waals surface area contributed by atoms with Crippen molar-refractivity contribution >= 4 is 21.6 Å². The fraction of sp³-hybridized carbons (Fsp3) is 0.154. The van der Waals surface area contributed by atoms with E-state index in [0.29, 0.717) is 6.61 Å². The molecule has 5 nitrogen and oxygen atoms in total. The van der Waals surface area contributed by atoms with E-state index < -0.39 is 0 Å². The largest absolute Gasteiger partial charge is 0.497 e. The van der Waals surface area contributed by atoms with E-state index in [4.69, 9.17) is 14.2 Å². The predicted octanol–water partition coefficient (Wildman–Crippen LogP) is 6.02. The van der Waals surface area contributed by atoms with Crippen LogP contribution in [0.5, 0.6) is 17.2 Å². The molecule has 0 aliphatic carbocycles. The Morgan fingerprint density at radius 1 is 1.06 bits per heavy atom. The molecule has 162 valence electrons. The lowest BCUT2D eigenvalue weighted by Crippen LogP contribution is -2.43. The average Bonchev–Trinajstić information content (AvgIpc) is 3.28. The number of hydrogen-bond donors (Lipinski definition) is 1. The van der Waals surface area contributed by atoms with Crippen molar-refractivity contribution in [1.82, 2.24) is 10.4 Å². The molecular formula is C26H23BrN2O3. The van der Waals surface area contributed by atoms with Crippen molar-refractivity contribution in [3.63, 3.8) is 0 Å². The summed E-state index contributed by atoms with van der Waals surface area (Å²) in [6, 6.07) is 22.2. The van der Waals surface area contributed by atoms with Gasteiger partial charge in [0.2, 0.25) is 0 Å². The molecule has 3 aromatic rings. The Morgan fingerprint density at radius 3 is 2.53 bits per heavy atom. The zero-order valence-corrected chi connectivity index (χ0v) is 19.2. The number of nitrogens with one attached hydrogen (secondary N) is 1. The van der Waals surface area contributed by atoms with E-state index in [1.165, 1.54) is 0 Å². The number of hydrogen-bond acceptors (Lipinski definition) is 5. The standard InChI is InChI=1S/C26H23BrN2O3/c1-3-14-31-21-11-4-17(5-12-21)23-16-24-22-15-19(27)8-13-25(22)32-26(29(24)28-23)18-6-9-20(30-2)10-7-18/h3-13,15-16,24,26,28H,1,14H2,2H3/t24-,26+/m0/s1. The number of nitrogens with zero attached hydrogens (tertiary/aromatic N) is 1. The molecule has 0 aromatic heterocycles. The van der Waals surface area contributed by atoms with Crippen LogP contribution in [0.1, 0.15) is 29.0 Å². The van der Waals surface area contributed by atoms with Gasteiger partial charge in [-0.25, -0.2) is 0 Å². The lowest BCUT2D eigenvalue weighted by Gasteiger charge is -2.39. The van der Waals surface area contributed by atoms with E-state index in [1.54, 1.807) is 13.2 Å². The average molecular weight is 491 g/mol. The Bertz CT molecular complexity index is 1160. The minimum absolute atomic E-state index is 0.0232. The SMILES string of the molecule is C=CCOc1ccc(C2=C[C@H]3c4cc(Br)ccc4O[C@H](c4ccc(OC)cc4)N3N2)cc1. The van der Waals surface area contributed by atoms with E-state index in [-0.39, 0.29) is 12.3 Å². The summed E-state index contributed by atoms with van der Waals surface area (Å²) in [6.45, 7) is 4.18. The number of ether oxygens (including phenoxy) is 3. The van der Waals surface area contributed by atoms with E-state index in [1.807, 2.05) is 48.5 Å². The van der Waals surface area contributed by atoms with E-state index in [2.05, 4.69) is 57.2 Å². The Balaban J connectivity index is 1.49. The van der Waals surface area contributed by atoms with Crippen LogP contribution in [-0.2, 0) is 0 Å². The second kappa shape index (κ2) is 8.73. The van der Waals surface area contributed by atoms with Crippen molar-refractivity contribution in [3.05, 3.63) is 107 Å². The first-order valence-electron chi connectivity index (χ1n) is 10.4. The molecule has 0 saturated heterocycles. The maximum absolute atomic E-state index is 6.45. The van der Waals surface area contributed by atoms with Crippen LogP contribution in [-0.4, -0.2) is 18.7 Å². The summed E-state index contributed by atoms with van der Waals surface area (Å²) in [7, 11) is 1.67. The van der Waals surface area contributed by atoms with Crippen LogP contribution in [0, 0.1) is 0 Å². The number of fused-ring (bicyclic) bond motifs is 3. The molecule has 0 spiro atoms. The molecule has 2 atom stereocenters. The number of halogens is 1. The van der Waals surface area contributed by atoms with Crippen LogP contribution in [0.15, 0.2) is 89.9 Å². The molecule has 2 aliphatic heterocycles. The first-order chi connectivity index (χ1) is 15.7. The normalized spacial score (nSPS) is 19.1. The van der Waals surface area contributed by atoms with Crippen LogP contribution in [0.25, 0.3) is 5.70 Å². The highest BCUT2D eigenvalue weighted by Crippen LogP contribution is 2.46. The smallest absolute Gasteiger partial charge is 0.195 e. The summed E-state index contributed by atoms with van der Waals surface area (Å²) >= 11 is 3.60. The van der Waals surface area contributed by atoms with Crippen molar-refractivity contribution in [2.75, 3.05) is 13.7 Å². The van der Waals surface area contributed by atoms with Gasteiger partial charge in [-0.05, 0) is 66.2 Å². The Kier molecular flexibility index (Phi) is 5.64. The molecule has 1 N–H and O–H groups in total. The first-order valence-corrected chi connectivity index (χ1v) is 11.2. The second-order valence-electron chi connectivity index (χ2n) is 7.59. The van der Waals surface area contributed by atoms with Gasteiger partial charge in [-0.15, -0.1) is 0 Å². The fourth-order valence-electron chi connectivity index (χ4n) is 4.01. The minimum Gasteiger partial charge on any atom is -0.497 e. The lowest BCUT2D eigenvalue weighted by molar-refractivity contribution is -0.0327. The summed E-state index contributed by atoms with van der Waals surface area (Å²) in [5, 5.41) is 2.15. The summed E-state index contributed by atoms with van der Waals surface area (Å²) in [4.78, 5) is 0. The Morgan fingerprint density at radius 2 is 1.81 bits per heavy atom. The molecule has 32 heavy (non-hydrogen) atoms. The molecule has 0 bridgehead atoms. The third kappa shape index (κ3) is 3.87. The highest BCUT2D eigenvalue weighted by Gasteiger charge is 2.40. The van der Waals surface area contributed by atoms with Crippen molar-refractivity contribution in [2.24, 2.45) is 0 Å². The topological polar surface area (TPSA) is 43.0 Å². The van der Waals surface area contributed by atoms with Crippen LogP contribution >= 0.6 is 15.9 Å². The molecule has 0 saturated carbocycles. The van der Waals surface area contributed by atoms with Gasteiger partial charge < -0.3 is 19.6 Å². The molecule has 0 fully saturated rings. The molecule has 3 aromatic carbocycles. The summed E-state index contributed by atoms with van der Waals surface area (Å²) < 4.78 is 18.4. The van der Waals surface area contributed by atoms with Gasteiger partial charge in [0.05, 0.1) is 18.8 Å². The second-order valence-corrected chi connectivity index (χ2v) is 8.51. The molecule has 0 unspecified atom stereocenters. The van der Waals surface area contributed by atoms with Gasteiger partial charge in [0.25, 0.3) is 0 Å². The molecule has 2 aliphatic rings. The molecule has 6 heteroatoms. The molecule has 0 radical (unpaired) electrons. The molecule has 2 heterocycles. The minimum atomic E-state index is -0.288. The first kappa shape index (κ1) is 20.7. The van der Waals surface area contributed by atoms with Gasteiger partial charge in [-0.2, -0.15) is 5.01 Å². The third-order valence-corrected chi connectivity index (χ3v) is 6.08. The monoisotopic (exact) mass is 490 g/mol. The maximum Gasteiger partial charge on any atom is 0.195 e. The van der Waals surface area contributed by atoms with Crippen molar-refractivity contribution in [3.8, 4) is 17.2 Å². The molecular weight excluding hydrogens is 468 g/mol. The number of methoxy groups -OCH3 is 1. The summed E-state index contributed by atoms with van der Waals surface area (Å²) in [6.07, 6.45) is 3.69. The van der Waals surface area contributed by atoms with Crippen molar-refractivity contribution in [2.45, 2.75) is 12.3 Å². The van der Waals surface area contributed by atoms with E-state index >= 15 is 0 Å². The van der Waals surface area contributed by atoms with Gasteiger partial charge in [0.15, 0.2) is 6.23 Å². The van der Waals surface area contributed by atoms with Gasteiger partial charge in [0.1, 0.15) is 23.9 Å². The summed E-state index contributed by atoms with van der Waals surface area (Å²) in [5.41, 5.74) is 7.83. The van der Waals surface area contributed by atoms with E-state index in [9.17, 15) is 0 Å². The van der Waals surface area contributed by atoms with Crippen LogP contribution < -0.4 is 19.6 Å². The maximum atomic E-state index is 6.45. The van der Waals surface area contributed by atoms with Crippen LogP contribution in [0.3, 0.4) is 0 Å². The van der Waals surface area contributed by atoms with E-state index in [0.717, 1.165) is 44.1 Å². The van der Waals surface area contributed by atoms with Gasteiger partial charge in [-0.1, -0.05) is 40.7 Å². The Labute approximate surface area is 196 Å². The summed E-state index contributed by atoms with van der Waals surface area (Å²) in [5.74, 6) is 2.51. The zero-order valence-electron chi connectivity index (χ0n) is 17.6. The van der Waals surface area contributed by atoms with Crippen molar-refractivity contribution in [1.29, 1.82) is 0 Å². The number of rotatable bonds is 6. The van der Waals surface area contributed by atoms with Gasteiger partial charge in [-0.3, -0.25) is 0 Å². The van der Waals surface area contributed by atoms with Crippen LogP contribution in [0.4, 0.5) is 0 Å². The third-order valence-electron chi connectivity index (χ3n) is 5.59. The molecule has 0 amide bonds. The zero-order chi connectivity index (χ0) is 22.1. The number of benzene rings is 3. The highest BCUT2D eigenvalue weighted by molar-refractivity contribution is 9.10. The quantitative estimate of drug-likeness (QED) is 0.428. The van der Waals surface area contributed by atoms with Crippen molar-refractivity contribution < 1.29 is 14.2 Å². The van der Waals surface area contributed by atoms with Gasteiger partial charge >= 0.3 is 0 Å². The van der Waals surface area contributed by atoms with Crippen LogP contribution in [0.2, 0.25) is 0 Å². The highest BCUT2D eigenvalue weighted by atomic mass is 79.9. The fourth-order valence-corrected chi connectivity index (χ4v) is 4.39. The van der Waals surface area contributed by atoms with Gasteiger partial charge in [0, 0.05) is 15.6 Å². The Hall–Kier alpha value is -3.22. The number of hydrazine groups is 1. The predicted molar refractivity (Wildman–Crippen MR) is 128 cm³/mol.